The average molecular weight is 436 g/mol. The lowest BCUT2D eigenvalue weighted by Crippen LogP contribution is -2.37. The van der Waals surface area contributed by atoms with Gasteiger partial charge in [-0.3, -0.25) is 9.69 Å². The Balaban J connectivity index is 1.39. The fraction of sp³-hybridized carbons (Fsp3) is 0.263. The predicted octanol–water partition coefficient (Wildman–Crippen LogP) is 0.310. The van der Waals surface area contributed by atoms with E-state index in [-0.39, 0.29) is 17.3 Å². The first-order valence-corrected chi connectivity index (χ1v) is 9.93. The number of carbonyl (C=O) groups is 1. The number of ether oxygens (including phenoxy) is 1. The van der Waals surface area contributed by atoms with E-state index in [9.17, 15) is 4.79 Å². The summed E-state index contributed by atoms with van der Waals surface area (Å²) in [5.41, 5.74) is 10.8. The van der Waals surface area contributed by atoms with Crippen molar-refractivity contribution in [2.75, 3.05) is 32.0 Å². The minimum Gasteiger partial charge on any atom is -0.379 e. The monoisotopic (exact) mass is 436 g/mol. The van der Waals surface area contributed by atoms with Gasteiger partial charge in [-0.2, -0.15) is 9.78 Å². The van der Waals surface area contributed by atoms with Crippen LogP contribution in [0.5, 0.6) is 0 Å². The van der Waals surface area contributed by atoms with Gasteiger partial charge in [0.2, 0.25) is 11.6 Å². The molecule has 1 aromatic carbocycles. The van der Waals surface area contributed by atoms with Gasteiger partial charge >= 0.3 is 0 Å². The van der Waals surface area contributed by atoms with Crippen LogP contribution in [-0.2, 0) is 11.3 Å². The molecular weight excluding hydrogens is 416 g/mol. The van der Waals surface area contributed by atoms with Crippen LogP contribution in [0.3, 0.4) is 0 Å². The molecule has 0 saturated carbocycles. The number of carbonyl (C=O) groups excluding carboxylic acids is 1. The van der Waals surface area contributed by atoms with Crippen molar-refractivity contribution in [1.29, 1.82) is 0 Å². The highest BCUT2D eigenvalue weighted by atomic mass is 16.6. The van der Waals surface area contributed by atoms with Crippen LogP contribution in [0.25, 0.3) is 16.7 Å². The second-order valence-electron chi connectivity index (χ2n) is 7.15. The standard InChI is InChI=1S/C19H20N10O3/c20-17-18(26-32-25-17)29-15(11-28-5-7-31-8-6-28)16(23-27-29)19(30)24-22-10-12-9-21-14-4-2-1-3-13(12)14/h1-4,9-10,21H,5-8,11H2,(H2,20,25)(H,24,30)/b22-10-. The fourth-order valence-electron chi connectivity index (χ4n) is 3.51. The van der Waals surface area contributed by atoms with E-state index >= 15 is 0 Å². The summed E-state index contributed by atoms with van der Waals surface area (Å²) in [5, 5.41) is 20.5. The smallest absolute Gasteiger partial charge is 0.293 e. The molecule has 164 valence electrons. The van der Waals surface area contributed by atoms with Gasteiger partial charge in [-0.05, 0) is 16.4 Å². The largest absolute Gasteiger partial charge is 0.379 e. The topological polar surface area (TPSA) is 165 Å². The number of aromatic nitrogens is 6. The van der Waals surface area contributed by atoms with Crippen molar-refractivity contribution in [3.8, 4) is 5.82 Å². The van der Waals surface area contributed by atoms with Crippen LogP contribution in [0.4, 0.5) is 5.82 Å². The maximum Gasteiger partial charge on any atom is 0.293 e. The highest BCUT2D eigenvalue weighted by molar-refractivity contribution is 6.00. The molecule has 4 aromatic rings. The third kappa shape index (κ3) is 3.81. The number of aromatic amines is 1. The summed E-state index contributed by atoms with van der Waals surface area (Å²) >= 11 is 0. The summed E-state index contributed by atoms with van der Waals surface area (Å²) in [6.45, 7) is 3.00. The number of para-hydroxylation sites is 1. The number of morpholine rings is 1. The molecule has 13 nitrogen and oxygen atoms in total. The minimum atomic E-state index is -0.509. The minimum absolute atomic E-state index is 0.0439. The number of nitrogens with one attached hydrogen (secondary N) is 2. The molecule has 0 unspecified atom stereocenters. The first-order valence-electron chi connectivity index (χ1n) is 9.93. The Labute approximate surface area is 181 Å². The molecule has 4 heterocycles. The predicted molar refractivity (Wildman–Crippen MR) is 113 cm³/mol. The summed E-state index contributed by atoms with van der Waals surface area (Å²) in [6.07, 6.45) is 3.39. The van der Waals surface area contributed by atoms with Gasteiger partial charge in [0.25, 0.3) is 5.91 Å². The Morgan fingerprint density at radius 2 is 2.12 bits per heavy atom. The van der Waals surface area contributed by atoms with Crippen molar-refractivity contribution < 1.29 is 14.2 Å². The van der Waals surface area contributed by atoms with Crippen LogP contribution in [0.1, 0.15) is 21.7 Å². The number of nitrogens with two attached hydrogens (primary N) is 1. The van der Waals surface area contributed by atoms with Crippen molar-refractivity contribution in [2.45, 2.75) is 6.54 Å². The maximum atomic E-state index is 12.9. The number of nitrogen functional groups attached to an aromatic ring is 1. The molecule has 4 N–H and O–H groups in total. The van der Waals surface area contributed by atoms with Gasteiger partial charge in [-0.1, -0.05) is 23.4 Å². The van der Waals surface area contributed by atoms with Crippen LogP contribution in [0.2, 0.25) is 0 Å². The van der Waals surface area contributed by atoms with E-state index in [1.807, 2.05) is 30.5 Å². The average Bonchev–Trinajstić information content (AvgIpc) is 3.53. The summed E-state index contributed by atoms with van der Waals surface area (Å²) in [7, 11) is 0. The number of fused-ring (bicyclic) bond motifs is 1. The summed E-state index contributed by atoms with van der Waals surface area (Å²) in [4.78, 5) is 18.2. The van der Waals surface area contributed by atoms with E-state index in [1.165, 1.54) is 4.68 Å². The number of hydrogen-bond donors (Lipinski definition) is 3. The normalized spacial score (nSPS) is 15.0. The molecule has 3 aromatic heterocycles. The number of hydrogen-bond acceptors (Lipinski definition) is 10. The van der Waals surface area contributed by atoms with Crippen LogP contribution in [0.15, 0.2) is 40.2 Å². The number of nitrogens with zero attached hydrogens (tertiary/aromatic N) is 7. The molecule has 0 aliphatic carbocycles. The van der Waals surface area contributed by atoms with E-state index in [0.717, 1.165) is 16.5 Å². The van der Waals surface area contributed by atoms with Gasteiger partial charge in [0.1, 0.15) is 0 Å². The van der Waals surface area contributed by atoms with Crippen molar-refractivity contribution >= 4 is 28.8 Å². The molecule has 1 fully saturated rings. The van der Waals surface area contributed by atoms with Crippen molar-refractivity contribution in [3.05, 3.63) is 47.4 Å². The molecule has 5 rings (SSSR count). The second-order valence-corrected chi connectivity index (χ2v) is 7.15. The summed E-state index contributed by atoms with van der Waals surface area (Å²) < 4.78 is 11.4. The number of amides is 1. The first-order chi connectivity index (χ1) is 15.7. The van der Waals surface area contributed by atoms with Crippen LogP contribution < -0.4 is 11.2 Å². The lowest BCUT2D eigenvalue weighted by molar-refractivity contribution is 0.0332. The van der Waals surface area contributed by atoms with Crippen LogP contribution in [0, 0.1) is 0 Å². The Bertz CT molecular complexity index is 1270. The summed E-state index contributed by atoms with van der Waals surface area (Å²) in [5.74, 6) is -0.296. The zero-order chi connectivity index (χ0) is 21.9. The third-order valence-electron chi connectivity index (χ3n) is 5.14. The van der Waals surface area contributed by atoms with Gasteiger partial charge in [-0.25, -0.2) is 10.1 Å². The number of hydrazone groups is 1. The second kappa shape index (κ2) is 8.56. The molecule has 1 aliphatic heterocycles. The van der Waals surface area contributed by atoms with Crippen molar-refractivity contribution in [2.24, 2.45) is 5.10 Å². The van der Waals surface area contributed by atoms with E-state index in [0.29, 0.717) is 38.5 Å². The Hall–Kier alpha value is -4.10. The zero-order valence-corrected chi connectivity index (χ0v) is 16.9. The number of rotatable bonds is 6. The molecular formula is C19H20N10O3. The van der Waals surface area contributed by atoms with E-state index in [2.05, 4.69) is 45.7 Å². The van der Waals surface area contributed by atoms with Gasteiger partial charge in [0.05, 0.1) is 25.1 Å². The molecule has 1 aliphatic rings. The first kappa shape index (κ1) is 19.8. The number of benzene rings is 1. The van der Waals surface area contributed by atoms with Gasteiger partial charge < -0.3 is 15.5 Å². The molecule has 32 heavy (non-hydrogen) atoms. The van der Waals surface area contributed by atoms with Gasteiger partial charge in [0.15, 0.2) is 5.69 Å². The molecule has 1 amide bonds. The van der Waals surface area contributed by atoms with E-state index < -0.39 is 5.91 Å². The Kier molecular flexibility index (Phi) is 5.31. The molecule has 0 atom stereocenters. The Morgan fingerprint density at radius 3 is 2.94 bits per heavy atom. The van der Waals surface area contributed by atoms with E-state index in [4.69, 9.17) is 10.5 Å². The molecule has 0 radical (unpaired) electrons. The number of H-pyrrole nitrogens is 1. The molecule has 13 heteroatoms. The highest BCUT2D eigenvalue weighted by Gasteiger charge is 2.26. The quantitative estimate of drug-likeness (QED) is 0.285. The number of anilines is 1. The molecule has 0 bridgehead atoms. The zero-order valence-electron chi connectivity index (χ0n) is 16.9. The van der Waals surface area contributed by atoms with Crippen molar-refractivity contribution in [3.63, 3.8) is 0 Å². The lowest BCUT2D eigenvalue weighted by atomic mass is 10.2. The summed E-state index contributed by atoms with van der Waals surface area (Å²) in [6, 6.07) is 7.81. The fourth-order valence-corrected chi connectivity index (χ4v) is 3.51. The van der Waals surface area contributed by atoms with Crippen molar-refractivity contribution in [1.82, 2.24) is 40.6 Å². The Morgan fingerprint density at radius 1 is 1.28 bits per heavy atom. The molecule has 0 spiro atoms. The highest BCUT2D eigenvalue weighted by Crippen LogP contribution is 2.18. The van der Waals surface area contributed by atoms with Crippen LogP contribution in [-0.4, -0.2) is 73.6 Å². The third-order valence-corrected chi connectivity index (χ3v) is 5.14. The maximum absolute atomic E-state index is 12.9. The van der Waals surface area contributed by atoms with Gasteiger partial charge in [0, 0.05) is 42.3 Å². The lowest BCUT2D eigenvalue weighted by Gasteiger charge is -2.26. The van der Waals surface area contributed by atoms with Gasteiger partial charge in [-0.15, -0.1) is 5.10 Å². The molecule has 1 saturated heterocycles. The van der Waals surface area contributed by atoms with E-state index in [1.54, 1.807) is 6.21 Å². The SMILES string of the molecule is Nc1nonc1-n1nnc(C(=O)N/N=C\c2c[nH]c3ccccc23)c1CN1CCOCC1. The van der Waals surface area contributed by atoms with Crippen LogP contribution >= 0.6 is 0 Å².